The van der Waals surface area contributed by atoms with Gasteiger partial charge in [-0.2, -0.15) is 0 Å². The van der Waals surface area contributed by atoms with Crippen molar-refractivity contribution in [2.75, 3.05) is 20.8 Å². The first-order chi connectivity index (χ1) is 10.9. The molecule has 1 fully saturated rings. The normalized spacial score (nSPS) is 17.0. The number of ether oxygens (including phenoxy) is 2. The smallest absolute Gasteiger partial charge is 0.337 e. The molecule has 3 N–H and O–H groups in total. The molecule has 1 saturated carbocycles. The first kappa shape index (κ1) is 17.7. The minimum atomic E-state index is -3.81. The average molecular weight is 342 g/mol. The van der Waals surface area contributed by atoms with Crippen LogP contribution in [-0.2, 0) is 14.8 Å². The van der Waals surface area contributed by atoms with Gasteiger partial charge in [-0.3, -0.25) is 0 Å². The molecule has 0 heterocycles. The summed E-state index contributed by atoms with van der Waals surface area (Å²) in [6.07, 6.45) is 3.31. The average Bonchev–Trinajstić information content (AvgIpc) is 3.01. The van der Waals surface area contributed by atoms with Gasteiger partial charge in [-0.05, 0) is 31.0 Å². The third kappa shape index (κ3) is 3.65. The van der Waals surface area contributed by atoms with Gasteiger partial charge in [-0.1, -0.05) is 12.8 Å². The first-order valence-electron chi connectivity index (χ1n) is 7.38. The van der Waals surface area contributed by atoms with Gasteiger partial charge in [0.2, 0.25) is 10.0 Å². The highest BCUT2D eigenvalue weighted by molar-refractivity contribution is 7.89. The van der Waals surface area contributed by atoms with Gasteiger partial charge in [0.25, 0.3) is 0 Å². The van der Waals surface area contributed by atoms with Crippen molar-refractivity contribution in [1.82, 2.24) is 4.72 Å². The van der Waals surface area contributed by atoms with Crippen LogP contribution in [0.3, 0.4) is 0 Å². The lowest BCUT2D eigenvalue weighted by atomic mass is 10.0. The summed E-state index contributed by atoms with van der Waals surface area (Å²) >= 11 is 0. The molecule has 0 amide bonds. The van der Waals surface area contributed by atoms with E-state index in [0.29, 0.717) is 12.8 Å². The molecule has 2 rings (SSSR count). The summed E-state index contributed by atoms with van der Waals surface area (Å²) in [4.78, 5) is 11.5. The molecule has 0 atom stereocenters. The lowest BCUT2D eigenvalue weighted by Crippen LogP contribution is -2.51. The monoisotopic (exact) mass is 342 g/mol. The maximum atomic E-state index is 12.7. The second-order valence-corrected chi connectivity index (χ2v) is 7.31. The van der Waals surface area contributed by atoms with E-state index in [1.807, 2.05) is 0 Å². The zero-order valence-electron chi connectivity index (χ0n) is 13.3. The Bertz CT molecular complexity index is 681. The van der Waals surface area contributed by atoms with E-state index in [4.69, 9.17) is 10.5 Å². The number of carbonyl (C=O) groups is 1. The fraction of sp³-hybridized carbons (Fsp3) is 0.533. The molecule has 0 aromatic heterocycles. The van der Waals surface area contributed by atoms with Crippen molar-refractivity contribution in [3.8, 4) is 5.75 Å². The molecule has 0 spiro atoms. The summed E-state index contributed by atoms with van der Waals surface area (Å²) in [5.41, 5.74) is 5.40. The minimum absolute atomic E-state index is 0.0209. The van der Waals surface area contributed by atoms with Crippen LogP contribution in [0, 0.1) is 0 Å². The highest BCUT2D eigenvalue weighted by atomic mass is 32.2. The topological polar surface area (TPSA) is 108 Å². The third-order valence-corrected chi connectivity index (χ3v) is 5.79. The van der Waals surface area contributed by atoms with Crippen molar-refractivity contribution in [3.05, 3.63) is 23.8 Å². The van der Waals surface area contributed by atoms with Crippen LogP contribution < -0.4 is 15.2 Å². The van der Waals surface area contributed by atoms with E-state index in [9.17, 15) is 13.2 Å². The number of methoxy groups -OCH3 is 2. The number of carbonyl (C=O) groups excluding carboxylic acids is 1. The Morgan fingerprint density at radius 1 is 1.30 bits per heavy atom. The second-order valence-electron chi connectivity index (χ2n) is 5.65. The number of hydrogen-bond acceptors (Lipinski definition) is 6. The van der Waals surface area contributed by atoms with Crippen LogP contribution in [0.5, 0.6) is 5.75 Å². The first-order valence-corrected chi connectivity index (χ1v) is 8.86. The van der Waals surface area contributed by atoms with Gasteiger partial charge in [-0.15, -0.1) is 0 Å². The van der Waals surface area contributed by atoms with E-state index in [2.05, 4.69) is 9.46 Å². The number of nitrogens with one attached hydrogen (secondary N) is 1. The fourth-order valence-electron chi connectivity index (χ4n) is 2.87. The third-order valence-electron chi connectivity index (χ3n) is 4.18. The number of sulfonamides is 1. The second kappa shape index (κ2) is 6.86. The summed E-state index contributed by atoms with van der Waals surface area (Å²) < 4.78 is 37.9. The number of hydrogen-bond donors (Lipinski definition) is 2. The van der Waals surface area contributed by atoms with Gasteiger partial charge >= 0.3 is 5.97 Å². The lowest BCUT2D eigenvalue weighted by molar-refractivity contribution is 0.0600. The predicted octanol–water partition coefficient (Wildman–Crippen LogP) is 1.03. The molecule has 0 bridgehead atoms. The molecule has 1 aromatic rings. The molecule has 0 saturated heterocycles. The van der Waals surface area contributed by atoms with Crippen LogP contribution in [0.2, 0.25) is 0 Å². The molecule has 23 heavy (non-hydrogen) atoms. The van der Waals surface area contributed by atoms with Crippen LogP contribution in [0.4, 0.5) is 0 Å². The summed E-state index contributed by atoms with van der Waals surface area (Å²) in [5.74, 6) is -0.472. The molecule has 0 aliphatic heterocycles. The molecule has 1 aromatic carbocycles. The van der Waals surface area contributed by atoms with Crippen molar-refractivity contribution in [2.24, 2.45) is 5.73 Å². The standard InChI is InChI=1S/C15H22N2O5S/c1-21-12-9-11(14(18)22-2)5-6-13(12)23(19,20)17-15(10-16)7-3-4-8-15/h5-6,9,17H,3-4,7-8,10,16H2,1-2H3. The van der Waals surface area contributed by atoms with Gasteiger partial charge in [0.15, 0.2) is 0 Å². The maximum Gasteiger partial charge on any atom is 0.337 e. The number of esters is 1. The Morgan fingerprint density at radius 2 is 1.96 bits per heavy atom. The molecule has 1 aliphatic rings. The van der Waals surface area contributed by atoms with Crippen LogP contribution in [0.1, 0.15) is 36.0 Å². The molecule has 1 aliphatic carbocycles. The lowest BCUT2D eigenvalue weighted by Gasteiger charge is -2.28. The Balaban J connectivity index is 2.37. The van der Waals surface area contributed by atoms with E-state index >= 15 is 0 Å². The van der Waals surface area contributed by atoms with Gasteiger partial charge in [0, 0.05) is 12.1 Å². The van der Waals surface area contributed by atoms with Crippen LogP contribution in [-0.4, -0.2) is 40.7 Å². The predicted molar refractivity (Wildman–Crippen MR) is 84.9 cm³/mol. The zero-order chi connectivity index (χ0) is 17.1. The van der Waals surface area contributed by atoms with E-state index in [1.54, 1.807) is 0 Å². The van der Waals surface area contributed by atoms with Crippen molar-refractivity contribution in [1.29, 1.82) is 0 Å². The van der Waals surface area contributed by atoms with Gasteiger partial charge < -0.3 is 15.2 Å². The molecule has 0 radical (unpaired) electrons. The Morgan fingerprint density at radius 3 is 2.48 bits per heavy atom. The van der Waals surface area contributed by atoms with E-state index in [-0.39, 0.29) is 22.8 Å². The van der Waals surface area contributed by atoms with E-state index in [1.165, 1.54) is 32.4 Å². The largest absolute Gasteiger partial charge is 0.495 e. The van der Waals surface area contributed by atoms with Gasteiger partial charge in [0.05, 0.1) is 19.8 Å². The molecule has 0 unspecified atom stereocenters. The van der Waals surface area contributed by atoms with Crippen molar-refractivity contribution < 1.29 is 22.7 Å². The number of rotatable bonds is 6. The molecule has 7 nitrogen and oxygen atoms in total. The number of benzene rings is 1. The Labute approximate surface area is 136 Å². The highest BCUT2D eigenvalue weighted by Gasteiger charge is 2.37. The molecule has 128 valence electrons. The maximum absolute atomic E-state index is 12.7. The van der Waals surface area contributed by atoms with Gasteiger partial charge in [-0.25, -0.2) is 17.9 Å². The SMILES string of the molecule is COC(=O)c1ccc(S(=O)(=O)NC2(CN)CCCC2)c(OC)c1. The van der Waals surface area contributed by atoms with Crippen LogP contribution >= 0.6 is 0 Å². The van der Waals surface area contributed by atoms with Crippen molar-refractivity contribution in [3.63, 3.8) is 0 Å². The Hall–Kier alpha value is -1.64. The van der Waals surface area contributed by atoms with Crippen LogP contribution in [0.25, 0.3) is 0 Å². The summed E-state index contributed by atoms with van der Waals surface area (Å²) in [6.45, 7) is 0.245. The highest BCUT2D eigenvalue weighted by Crippen LogP contribution is 2.32. The summed E-state index contributed by atoms with van der Waals surface area (Å²) in [5, 5.41) is 0. The fourth-order valence-corrected chi connectivity index (χ4v) is 4.50. The van der Waals surface area contributed by atoms with Crippen molar-refractivity contribution in [2.45, 2.75) is 36.1 Å². The van der Waals surface area contributed by atoms with E-state index in [0.717, 1.165) is 12.8 Å². The summed E-state index contributed by atoms with van der Waals surface area (Å²) in [6, 6.07) is 4.09. The van der Waals surface area contributed by atoms with Crippen LogP contribution in [0.15, 0.2) is 23.1 Å². The molecular formula is C15H22N2O5S. The quantitative estimate of drug-likeness (QED) is 0.748. The molecule has 8 heteroatoms. The number of nitrogens with two attached hydrogens (primary N) is 1. The minimum Gasteiger partial charge on any atom is -0.495 e. The Kier molecular flexibility index (Phi) is 5.28. The zero-order valence-corrected chi connectivity index (χ0v) is 14.1. The summed E-state index contributed by atoms with van der Waals surface area (Å²) in [7, 11) is -1.21. The van der Waals surface area contributed by atoms with Crippen molar-refractivity contribution >= 4 is 16.0 Å². The van der Waals surface area contributed by atoms with Gasteiger partial charge in [0.1, 0.15) is 10.6 Å². The molecular weight excluding hydrogens is 320 g/mol. The van der Waals surface area contributed by atoms with E-state index < -0.39 is 21.5 Å².